The smallest absolute Gasteiger partial charge is 0.202 e. The summed E-state index contributed by atoms with van der Waals surface area (Å²) < 4.78 is 4.52. The van der Waals surface area contributed by atoms with Crippen LogP contribution in [0.15, 0.2) is 40.1 Å². The number of nitrogens with two attached hydrogens (primary N) is 1. The SMILES string of the molecule is N/C(=N\O)c1nonc1NCc1ccccc1. The zero-order valence-electron chi connectivity index (χ0n) is 8.87. The van der Waals surface area contributed by atoms with E-state index in [9.17, 15) is 0 Å². The predicted molar refractivity (Wildman–Crippen MR) is 60.6 cm³/mol. The fourth-order valence-corrected chi connectivity index (χ4v) is 1.30. The molecule has 0 radical (unpaired) electrons. The maximum Gasteiger partial charge on any atom is 0.202 e. The first-order valence-corrected chi connectivity index (χ1v) is 4.89. The number of hydrogen-bond donors (Lipinski definition) is 3. The molecule has 0 atom stereocenters. The van der Waals surface area contributed by atoms with Gasteiger partial charge >= 0.3 is 0 Å². The van der Waals surface area contributed by atoms with Crippen molar-refractivity contribution in [2.75, 3.05) is 5.32 Å². The number of nitrogens with one attached hydrogen (secondary N) is 1. The number of anilines is 1. The number of aromatic nitrogens is 2. The molecule has 0 aliphatic heterocycles. The molecule has 0 aliphatic carbocycles. The predicted octanol–water partition coefficient (Wildman–Crippen LogP) is 0.776. The van der Waals surface area contributed by atoms with Crippen molar-refractivity contribution in [2.45, 2.75) is 6.54 Å². The Kier molecular flexibility index (Phi) is 3.20. The monoisotopic (exact) mass is 233 g/mol. The van der Waals surface area contributed by atoms with E-state index in [0.717, 1.165) is 5.56 Å². The van der Waals surface area contributed by atoms with E-state index in [4.69, 9.17) is 10.9 Å². The largest absolute Gasteiger partial charge is 0.409 e. The molecule has 2 rings (SSSR count). The molecule has 17 heavy (non-hydrogen) atoms. The van der Waals surface area contributed by atoms with E-state index >= 15 is 0 Å². The number of hydrogen-bond acceptors (Lipinski definition) is 6. The van der Waals surface area contributed by atoms with Crippen LogP contribution < -0.4 is 11.1 Å². The van der Waals surface area contributed by atoms with Gasteiger partial charge in [0.2, 0.25) is 5.82 Å². The lowest BCUT2D eigenvalue weighted by Crippen LogP contribution is -2.16. The van der Waals surface area contributed by atoms with Gasteiger partial charge in [0.25, 0.3) is 0 Å². The van der Waals surface area contributed by atoms with Crippen molar-refractivity contribution in [3.8, 4) is 0 Å². The van der Waals surface area contributed by atoms with E-state index in [1.165, 1.54) is 0 Å². The summed E-state index contributed by atoms with van der Waals surface area (Å²) >= 11 is 0. The number of nitrogens with zero attached hydrogens (tertiary/aromatic N) is 3. The van der Waals surface area contributed by atoms with Gasteiger partial charge in [-0.1, -0.05) is 35.5 Å². The molecule has 1 heterocycles. The van der Waals surface area contributed by atoms with Gasteiger partial charge in [-0.25, -0.2) is 4.63 Å². The standard InChI is InChI=1S/C10H11N5O2/c11-9(13-16)8-10(15-17-14-8)12-6-7-4-2-1-3-5-7/h1-5,16H,6H2,(H2,11,13)(H,12,15). The fourth-order valence-electron chi connectivity index (χ4n) is 1.30. The van der Waals surface area contributed by atoms with Crippen LogP contribution in [0.25, 0.3) is 0 Å². The molecule has 0 unspecified atom stereocenters. The Morgan fingerprint density at radius 2 is 2.12 bits per heavy atom. The minimum Gasteiger partial charge on any atom is -0.409 e. The van der Waals surface area contributed by atoms with Crippen LogP contribution >= 0.6 is 0 Å². The number of oxime groups is 1. The second kappa shape index (κ2) is 4.97. The molecule has 0 fully saturated rings. The van der Waals surface area contributed by atoms with E-state index < -0.39 is 0 Å². The molecule has 88 valence electrons. The Morgan fingerprint density at radius 3 is 2.82 bits per heavy atom. The minimum absolute atomic E-state index is 0.151. The summed E-state index contributed by atoms with van der Waals surface area (Å²) in [5.41, 5.74) is 6.66. The molecule has 2 aromatic rings. The molecule has 0 aliphatic rings. The summed E-state index contributed by atoms with van der Waals surface area (Å²) in [6.07, 6.45) is 0. The highest BCUT2D eigenvalue weighted by atomic mass is 16.6. The van der Waals surface area contributed by atoms with Gasteiger partial charge in [-0.05, 0) is 15.9 Å². The molecule has 1 aromatic heterocycles. The molecule has 0 saturated carbocycles. The minimum atomic E-state index is -0.151. The molecular formula is C10H11N5O2. The van der Waals surface area contributed by atoms with E-state index in [0.29, 0.717) is 12.4 Å². The van der Waals surface area contributed by atoms with Crippen molar-refractivity contribution >= 4 is 11.7 Å². The first kappa shape index (κ1) is 10.9. The van der Waals surface area contributed by atoms with E-state index in [1.54, 1.807) is 0 Å². The first-order valence-electron chi connectivity index (χ1n) is 4.89. The topological polar surface area (TPSA) is 110 Å². The van der Waals surface area contributed by atoms with Crippen LogP contribution in [-0.2, 0) is 6.54 Å². The van der Waals surface area contributed by atoms with Crippen molar-refractivity contribution in [3.63, 3.8) is 0 Å². The van der Waals surface area contributed by atoms with Crippen LogP contribution in [0.4, 0.5) is 5.82 Å². The van der Waals surface area contributed by atoms with Crippen LogP contribution in [-0.4, -0.2) is 21.4 Å². The summed E-state index contributed by atoms with van der Waals surface area (Å²) in [6, 6.07) is 9.72. The molecular weight excluding hydrogens is 222 g/mol. The zero-order chi connectivity index (χ0) is 12.1. The Bertz CT molecular complexity index is 508. The maximum absolute atomic E-state index is 8.54. The number of benzene rings is 1. The second-order valence-corrected chi connectivity index (χ2v) is 3.29. The Labute approximate surface area is 96.9 Å². The summed E-state index contributed by atoms with van der Waals surface area (Å²) in [6.45, 7) is 0.542. The highest BCUT2D eigenvalue weighted by molar-refractivity contribution is 5.99. The number of rotatable bonds is 4. The highest BCUT2D eigenvalue weighted by Crippen LogP contribution is 2.10. The van der Waals surface area contributed by atoms with Gasteiger partial charge in [-0.2, -0.15) is 0 Å². The van der Waals surface area contributed by atoms with Crippen molar-refractivity contribution in [1.29, 1.82) is 0 Å². The van der Waals surface area contributed by atoms with Crippen molar-refractivity contribution in [1.82, 2.24) is 10.3 Å². The van der Waals surface area contributed by atoms with Gasteiger partial charge in [-0.15, -0.1) is 0 Å². The average Bonchev–Trinajstić information content (AvgIpc) is 2.85. The summed E-state index contributed by atoms with van der Waals surface area (Å²) in [7, 11) is 0. The van der Waals surface area contributed by atoms with Crippen LogP contribution in [0.5, 0.6) is 0 Å². The molecule has 0 saturated heterocycles. The lowest BCUT2D eigenvalue weighted by molar-refractivity contribution is 0.304. The van der Waals surface area contributed by atoms with Crippen LogP contribution in [0.3, 0.4) is 0 Å². The van der Waals surface area contributed by atoms with Crippen molar-refractivity contribution in [3.05, 3.63) is 41.6 Å². The molecule has 0 bridgehead atoms. The van der Waals surface area contributed by atoms with Gasteiger partial charge < -0.3 is 16.3 Å². The quantitative estimate of drug-likeness (QED) is 0.311. The Hall–Kier alpha value is -2.57. The Balaban J connectivity index is 2.07. The van der Waals surface area contributed by atoms with Gasteiger partial charge in [0.15, 0.2) is 11.5 Å². The van der Waals surface area contributed by atoms with Crippen molar-refractivity contribution < 1.29 is 9.84 Å². The molecule has 7 heteroatoms. The molecule has 0 amide bonds. The van der Waals surface area contributed by atoms with Gasteiger partial charge in [0.1, 0.15) is 0 Å². The molecule has 1 aromatic carbocycles. The average molecular weight is 233 g/mol. The highest BCUT2D eigenvalue weighted by Gasteiger charge is 2.13. The van der Waals surface area contributed by atoms with E-state index in [-0.39, 0.29) is 11.5 Å². The third-order valence-electron chi connectivity index (χ3n) is 2.14. The second-order valence-electron chi connectivity index (χ2n) is 3.29. The normalized spacial score (nSPS) is 11.4. The third-order valence-corrected chi connectivity index (χ3v) is 2.14. The first-order chi connectivity index (χ1) is 8.31. The molecule has 0 spiro atoms. The van der Waals surface area contributed by atoms with Gasteiger partial charge in [0, 0.05) is 6.54 Å². The third kappa shape index (κ3) is 2.51. The van der Waals surface area contributed by atoms with E-state index in [1.807, 2.05) is 30.3 Å². The van der Waals surface area contributed by atoms with Crippen LogP contribution in [0.1, 0.15) is 11.3 Å². The summed E-state index contributed by atoms with van der Waals surface area (Å²) in [5, 5.41) is 21.5. The zero-order valence-corrected chi connectivity index (χ0v) is 8.87. The molecule has 4 N–H and O–H groups in total. The Morgan fingerprint density at radius 1 is 1.35 bits per heavy atom. The van der Waals surface area contributed by atoms with E-state index in [2.05, 4.69) is 25.4 Å². The van der Waals surface area contributed by atoms with Gasteiger partial charge in [0.05, 0.1) is 0 Å². The number of amidine groups is 1. The molecule has 7 nitrogen and oxygen atoms in total. The van der Waals surface area contributed by atoms with Gasteiger partial charge in [-0.3, -0.25) is 0 Å². The van der Waals surface area contributed by atoms with Crippen LogP contribution in [0, 0.1) is 0 Å². The fraction of sp³-hybridized carbons (Fsp3) is 0.100. The lowest BCUT2D eigenvalue weighted by atomic mass is 10.2. The summed E-state index contributed by atoms with van der Waals surface area (Å²) in [4.78, 5) is 0. The summed E-state index contributed by atoms with van der Waals surface area (Å²) in [5.74, 6) is 0.186. The van der Waals surface area contributed by atoms with Crippen LogP contribution in [0.2, 0.25) is 0 Å². The lowest BCUT2D eigenvalue weighted by Gasteiger charge is -2.02. The maximum atomic E-state index is 8.54. The van der Waals surface area contributed by atoms with Crippen molar-refractivity contribution in [2.24, 2.45) is 10.9 Å².